The fraction of sp³-hybridized carbons (Fsp3) is 0.318. The van der Waals surface area contributed by atoms with Gasteiger partial charge < -0.3 is 10.6 Å². The van der Waals surface area contributed by atoms with Crippen molar-refractivity contribution in [3.8, 4) is 22.4 Å². The molecule has 29 heavy (non-hydrogen) atoms. The van der Waals surface area contributed by atoms with E-state index in [1.165, 1.54) is 12.1 Å². The van der Waals surface area contributed by atoms with Crippen LogP contribution in [0.2, 0.25) is 0 Å². The first kappa shape index (κ1) is 19.3. The smallest absolute Gasteiger partial charge is 0.228 e. The number of carbonyl (C=O) groups excluding carboxylic acids is 1. The topological polar surface area (TPSA) is 71.8 Å². The summed E-state index contributed by atoms with van der Waals surface area (Å²) < 4.78 is 15.4. The molecule has 1 aliphatic heterocycles. The van der Waals surface area contributed by atoms with Gasteiger partial charge in [0.25, 0.3) is 0 Å². The molecule has 0 spiro atoms. The SMILES string of the molecule is CCC(C)C(=O)Nc1cc(-c2c(-c3ccc(F)cc3)nn3c2CNCC3)ccn1. The highest BCUT2D eigenvalue weighted by atomic mass is 19.1. The molecule has 7 heteroatoms. The molecule has 0 radical (unpaired) electrons. The van der Waals surface area contributed by atoms with Crippen LogP contribution in [0.4, 0.5) is 10.2 Å². The molecular weight excluding hydrogens is 369 g/mol. The molecular formula is C22H24FN5O. The van der Waals surface area contributed by atoms with E-state index in [0.717, 1.165) is 47.6 Å². The number of hydrogen-bond donors (Lipinski definition) is 2. The van der Waals surface area contributed by atoms with Crippen molar-refractivity contribution in [1.29, 1.82) is 0 Å². The normalized spacial score (nSPS) is 14.3. The Hall–Kier alpha value is -3.06. The number of benzene rings is 1. The molecule has 4 rings (SSSR count). The maximum absolute atomic E-state index is 13.4. The predicted octanol–water partition coefficient (Wildman–Crippen LogP) is 3.84. The van der Waals surface area contributed by atoms with Gasteiger partial charge in [0.1, 0.15) is 17.3 Å². The monoisotopic (exact) mass is 393 g/mol. The molecule has 0 aliphatic carbocycles. The first-order chi connectivity index (χ1) is 14.1. The van der Waals surface area contributed by atoms with Gasteiger partial charge in [-0.25, -0.2) is 9.37 Å². The molecule has 3 heterocycles. The number of aromatic nitrogens is 3. The number of carbonyl (C=O) groups is 1. The lowest BCUT2D eigenvalue weighted by molar-refractivity contribution is -0.119. The van der Waals surface area contributed by atoms with Crippen molar-refractivity contribution >= 4 is 11.7 Å². The van der Waals surface area contributed by atoms with Crippen LogP contribution in [0.3, 0.4) is 0 Å². The molecule has 3 aromatic rings. The van der Waals surface area contributed by atoms with Crippen LogP contribution in [0.25, 0.3) is 22.4 Å². The predicted molar refractivity (Wildman–Crippen MR) is 111 cm³/mol. The zero-order chi connectivity index (χ0) is 20.4. The second-order valence-electron chi connectivity index (χ2n) is 7.31. The van der Waals surface area contributed by atoms with Gasteiger partial charge in [0.15, 0.2) is 0 Å². The zero-order valence-corrected chi connectivity index (χ0v) is 16.6. The minimum atomic E-state index is -0.278. The molecule has 0 saturated carbocycles. The number of hydrogen-bond acceptors (Lipinski definition) is 4. The van der Waals surface area contributed by atoms with Crippen LogP contribution in [0, 0.1) is 11.7 Å². The number of rotatable bonds is 5. The van der Waals surface area contributed by atoms with E-state index in [-0.39, 0.29) is 17.6 Å². The number of nitrogens with zero attached hydrogens (tertiary/aromatic N) is 3. The first-order valence-corrected chi connectivity index (χ1v) is 9.90. The van der Waals surface area contributed by atoms with Gasteiger partial charge in [0, 0.05) is 36.3 Å². The lowest BCUT2D eigenvalue weighted by Crippen LogP contribution is -2.28. The number of amides is 1. The van der Waals surface area contributed by atoms with Crippen molar-refractivity contribution in [2.45, 2.75) is 33.4 Å². The Morgan fingerprint density at radius 3 is 2.83 bits per heavy atom. The molecule has 1 atom stereocenters. The van der Waals surface area contributed by atoms with Crippen LogP contribution in [0.5, 0.6) is 0 Å². The molecule has 2 aromatic heterocycles. The van der Waals surface area contributed by atoms with Gasteiger partial charge in [-0.2, -0.15) is 5.10 Å². The third kappa shape index (κ3) is 3.91. The molecule has 150 valence electrons. The minimum Gasteiger partial charge on any atom is -0.310 e. The summed E-state index contributed by atoms with van der Waals surface area (Å²) in [5, 5.41) is 11.1. The number of nitrogens with one attached hydrogen (secondary N) is 2. The molecule has 1 unspecified atom stereocenters. The van der Waals surface area contributed by atoms with E-state index in [1.54, 1.807) is 18.3 Å². The van der Waals surface area contributed by atoms with Gasteiger partial charge in [-0.1, -0.05) is 13.8 Å². The Bertz CT molecular complexity index is 1030. The molecule has 0 bridgehead atoms. The summed E-state index contributed by atoms with van der Waals surface area (Å²) in [6.07, 6.45) is 2.46. The average Bonchev–Trinajstić information content (AvgIpc) is 3.13. The van der Waals surface area contributed by atoms with Crippen LogP contribution in [-0.2, 0) is 17.9 Å². The molecule has 1 aliphatic rings. The van der Waals surface area contributed by atoms with Gasteiger partial charge in [-0.05, 0) is 48.4 Å². The highest BCUT2D eigenvalue weighted by Gasteiger charge is 2.23. The maximum Gasteiger partial charge on any atom is 0.228 e. The second-order valence-corrected chi connectivity index (χ2v) is 7.31. The fourth-order valence-corrected chi connectivity index (χ4v) is 3.46. The van der Waals surface area contributed by atoms with Gasteiger partial charge in [0.05, 0.1) is 12.2 Å². The Kier molecular flexibility index (Phi) is 5.40. The van der Waals surface area contributed by atoms with Gasteiger partial charge >= 0.3 is 0 Å². The zero-order valence-electron chi connectivity index (χ0n) is 16.6. The molecule has 1 amide bonds. The van der Waals surface area contributed by atoms with Crippen molar-refractivity contribution in [3.63, 3.8) is 0 Å². The molecule has 0 fully saturated rings. The van der Waals surface area contributed by atoms with E-state index in [9.17, 15) is 9.18 Å². The summed E-state index contributed by atoms with van der Waals surface area (Å²) in [4.78, 5) is 16.6. The van der Waals surface area contributed by atoms with Crippen molar-refractivity contribution < 1.29 is 9.18 Å². The Morgan fingerprint density at radius 2 is 2.07 bits per heavy atom. The Labute approximate surface area is 169 Å². The fourth-order valence-electron chi connectivity index (χ4n) is 3.46. The third-order valence-corrected chi connectivity index (χ3v) is 5.33. The van der Waals surface area contributed by atoms with E-state index in [0.29, 0.717) is 12.4 Å². The third-order valence-electron chi connectivity index (χ3n) is 5.33. The number of anilines is 1. The highest BCUT2D eigenvalue weighted by Crippen LogP contribution is 2.36. The standard InChI is InChI=1S/C22H24FN5O/c1-3-14(2)22(29)26-19-12-16(8-9-25-19)20-18-13-24-10-11-28(18)27-21(20)15-4-6-17(23)7-5-15/h4-9,12,14,24H,3,10-11,13H2,1-2H3,(H,25,26,29). The van der Waals surface area contributed by atoms with Crippen molar-refractivity contribution in [1.82, 2.24) is 20.1 Å². The van der Waals surface area contributed by atoms with E-state index < -0.39 is 0 Å². The summed E-state index contributed by atoms with van der Waals surface area (Å²) in [5.74, 6) is 0.111. The largest absolute Gasteiger partial charge is 0.310 e. The summed E-state index contributed by atoms with van der Waals surface area (Å²) in [7, 11) is 0. The van der Waals surface area contributed by atoms with E-state index in [4.69, 9.17) is 5.10 Å². The highest BCUT2D eigenvalue weighted by molar-refractivity contribution is 5.92. The number of fused-ring (bicyclic) bond motifs is 1. The van der Waals surface area contributed by atoms with Crippen LogP contribution in [-0.4, -0.2) is 27.2 Å². The molecule has 2 N–H and O–H groups in total. The Balaban J connectivity index is 1.78. The van der Waals surface area contributed by atoms with Crippen LogP contribution < -0.4 is 10.6 Å². The Morgan fingerprint density at radius 1 is 1.28 bits per heavy atom. The van der Waals surface area contributed by atoms with Crippen LogP contribution in [0.15, 0.2) is 42.6 Å². The molecule has 6 nitrogen and oxygen atoms in total. The van der Waals surface area contributed by atoms with E-state index >= 15 is 0 Å². The number of pyridine rings is 1. The minimum absolute atomic E-state index is 0.0467. The summed E-state index contributed by atoms with van der Waals surface area (Å²) in [5.41, 5.74) is 4.62. The van der Waals surface area contributed by atoms with E-state index in [1.807, 2.05) is 30.7 Å². The lowest BCUT2D eigenvalue weighted by Gasteiger charge is -2.16. The van der Waals surface area contributed by atoms with Crippen LogP contribution in [0.1, 0.15) is 26.0 Å². The van der Waals surface area contributed by atoms with Crippen LogP contribution >= 0.6 is 0 Å². The van der Waals surface area contributed by atoms with E-state index in [2.05, 4.69) is 15.6 Å². The summed E-state index contributed by atoms with van der Waals surface area (Å²) in [6, 6.07) is 10.2. The van der Waals surface area contributed by atoms with Gasteiger partial charge in [-0.15, -0.1) is 0 Å². The summed E-state index contributed by atoms with van der Waals surface area (Å²) >= 11 is 0. The van der Waals surface area contributed by atoms with Crippen molar-refractivity contribution in [2.75, 3.05) is 11.9 Å². The van der Waals surface area contributed by atoms with Crippen molar-refractivity contribution in [2.24, 2.45) is 5.92 Å². The van der Waals surface area contributed by atoms with Gasteiger partial charge in [-0.3, -0.25) is 9.48 Å². The number of halogens is 1. The lowest BCUT2D eigenvalue weighted by atomic mass is 9.99. The quantitative estimate of drug-likeness (QED) is 0.691. The average molecular weight is 393 g/mol. The van der Waals surface area contributed by atoms with Crippen molar-refractivity contribution in [3.05, 3.63) is 54.1 Å². The molecule has 1 aromatic carbocycles. The second kappa shape index (κ2) is 8.13. The van der Waals surface area contributed by atoms with Gasteiger partial charge in [0.2, 0.25) is 5.91 Å². The summed E-state index contributed by atoms with van der Waals surface area (Å²) in [6.45, 7) is 6.19. The first-order valence-electron chi connectivity index (χ1n) is 9.90. The maximum atomic E-state index is 13.4. The molecule has 0 saturated heterocycles.